The molecule has 0 radical (unpaired) electrons. The van der Waals surface area contributed by atoms with E-state index in [0.717, 1.165) is 48.2 Å². The van der Waals surface area contributed by atoms with Crippen LogP contribution < -0.4 is 5.32 Å². The molecule has 2 heterocycles. The minimum atomic E-state index is -0.325. The number of halogens is 1. The Hall–Kier alpha value is -3.54. The minimum Gasteiger partial charge on any atom is -0.450 e. The van der Waals surface area contributed by atoms with Gasteiger partial charge in [-0.25, -0.2) is 9.18 Å². The van der Waals surface area contributed by atoms with Gasteiger partial charge in [-0.3, -0.25) is 9.97 Å². The monoisotopic (exact) mass is 471 g/mol. The second-order valence-electron chi connectivity index (χ2n) is 9.41. The van der Waals surface area contributed by atoms with Crippen LogP contribution in [0.15, 0.2) is 67.0 Å². The summed E-state index contributed by atoms with van der Waals surface area (Å²) in [6.45, 7) is 2.20. The van der Waals surface area contributed by atoms with E-state index >= 15 is 0 Å². The fourth-order valence-corrected chi connectivity index (χ4v) is 5.66. The molecule has 1 fully saturated rings. The molecular weight excluding hydrogens is 441 g/mol. The number of benzene rings is 1. The Morgan fingerprint density at radius 2 is 2.06 bits per heavy atom. The number of nitrogens with zero attached hydrogens (tertiary/aromatic N) is 2. The summed E-state index contributed by atoms with van der Waals surface area (Å²) >= 11 is 0. The van der Waals surface area contributed by atoms with Crippen LogP contribution >= 0.6 is 0 Å². The van der Waals surface area contributed by atoms with Crippen LogP contribution in [0, 0.1) is 17.7 Å². The molecule has 4 atom stereocenters. The number of hydrogen-bond acceptors (Lipinski definition) is 4. The third-order valence-corrected chi connectivity index (χ3v) is 7.26. The van der Waals surface area contributed by atoms with Crippen molar-refractivity contribution in [1.82, 2.24) is 15.3 Å². The predicted molar refractivity (Wildman–Crippen MR) is 134 cm³/mol. The first-order chi connectivity index (χ1) is 17.1. The number of aromatic nitrogens is 2. The van der Waals surface area contributed by atoms with Crippen molar-refractivity contribution < 1.29 is 13.9 Å². The Morgan fingerprint density at radius 3 is 2.86 bits per heavy atom. The molecule has 5 nitrogen and oxygen atoms in total. The van der Waals surface area contributed by atoms with E-state index in [4.69, 9.17) is 9.72 Å². The van der Waals surface area contributed by atoms with Gasteiger partial charge in [-0.2, -0.15) is 0 Å². The number of carbonyl (C=O) groups is 1. The summed E-state index contributed by atoms with van der Waals surface area (Å²) in [5.41, 5.74) is 5.01. The highest BCUT2D eigenvalue weighted by molar-refractivity contribution is 5.67. The lowest BCUT2D eigenvalue weighted by Crippen LogP contribution is -2.44. The van der Waals surface area contributed by atoms with E-state index in [1.54, 1.807) is 12.3 Å². The maximum absolute atomic E-state index is 13.6. The Balaban J connectivity index is 1.34. The molecule has 0 saturated heterocycles. The Kier molecular flexibility index (Phi) is 6.89. The predicted octanol–water partition coefficient (Wildman–Crippen LogP) is 6.17. The molecule has 5 rings (SSSR count). The number of nitrogens with one attached hydrogen (secondary N) is 1. The summed E-state index contributed by atoms with van der Waals surface area (Å²) < 4.78 is 18.7. The van der Waals surface area contributed by atoms with Gasteiger partial charge in [0.1, 0.15) is 5.82 Å². The Bertz CT molecular complexity index is 1210. The van der Waals surface area contributed by atoms with E-state index in [-0.39, 0.29) is 23.9 Å². The third kappa shape index (κ3) is 5.26. The van der Waals surface area contributed by atoms with Gasteiger partial charge < -0.3 is 10.1 Å². The number of ether oxygens (including phenoxy) is 1. The number of pyridine rings is 2. The molecule has 0 unspecified atom stereocenters. The average molecular weight is 472 g/mol. The van der Waals surface area contributed by atoms with Crippen molar-refractivity contribution in [1.29, 1.82) is 0 Å². The second-order valence-corrected chi connectivity index (χ2v) is 9.41. The average Bonchev–Trinajstić information content (AvgIpc) is 2.87. The van der Waals surface area contributed by atoms with Crippen LogP contribution in [0.1, 0.15) is 49.1 Å². The SMILES string of the molecule is CCOC(=O)N[C@H]1CC[C@@H]2[C@H](Cc3ncccc3[C@H]2/C=C/c2ccc(-c3cccc(F)c3)cn2)C1. The van der Waals surface area contributed by atoms with Gasteiger partial charge in [0.2, 0.25) is 0 Å². The highest BCUT2D eigenvalue weighted by Gasteiger charge is 2.40. The molecule has 2 aliphatic carbocycles. The van der Waals surface area contributed by atoms with Crippen molar-refractivity contribution >= 4 is 12.2 Å². The molecular formula is C29H30FN3O2. The highest BCUT2D eigenvalue weighted by Crippen LogP contribution is 2.47. The fourth-order valence-electron chi connectivity index (χ4n) is 5.66. The number of amides is 1. The van der Waals surface area contributed by atoms with Crippen LogP contribution in [0.3, 0.4) is 0 Å². The van der Waals surface area contributed by atoms with Gasteiger partial charge in [0.05, 0.1) is 12.3 Å². The van der Waals surface area contributed by atoms with Gasteiger partial charge in [-0.1, -0.05) is 30.3 Å². The third-order valence-electron chi connectivity index (χ3n) is 7.26. The summed E-state index contributed by atoms with van der Waals surface area (Å²) in [6, 6.07) is 14.9. The van der Waals surface area contributed by atoms with E-state index in [2.05, 4.69) is 28.5 Å². The largest absolute Gasteiger partial charge is 0.450 e. The Labute approximate surface area is 205 Å². The van der Waals surface area contributed by atoms with E-state index in [9.17, 15) is 9.18 Å². The van der Waals surface area contributed by atoms with Crippen LogP contribution in [-0.2, 0) is 11.2 Å². The first kappa shape index (κ1) is 23.2. The highest BCUT2D eigenvalue weighted by atomic mass is 19.1. The molecule has 1 saturated carbocycles. The zero-order valence-electron chi connectivity index (χ0n) is 19.9. The van der Waals surface area contributed by atoms with Crippen molar-refractivity contribution in [3.8, 4) is 11.1 Å². The van der Waals surface area contributed by atoms with Crippen LogP contribution in [0.25, 0.3) is 17.2 Å². The minimum absolute atomic E-state index is 0.141. The van der Waals surface area contributed by atoms with E-state index in [1.165, 1.54) is 17.7 Å². The smallest absolute Gasteiger partial charge is 0.407 e. The van der Waals surface area contributed by atoms with E-state index in [0.29, 0.717) is 18.4 Å². The number of alkyl carbamates (subject to hydrolysis) is 1. The van der Waals surface area contributed by atoms with Gasteiger partial charge >= 0.3 is 6.09 Å². The molecule has 3 aromatic rings. The number of rotatable bonds is 5. The fraction of sp³-hybridized carbons (Fsp3) is 0.345. The molecule has 0 spiro atoms. The zero-order valence-corrected chi connectivity index (χ0v) is 19.9. The molecule has 180 valence electrons. The summed E-state index contributed by atoms with van der Waals surface area (Å²) in [4.78, 5) is 21.2. The van der Waals surface area contributed by atoms with Gasteiger partial charge in [0.25, 0.3) is 0 Å². The molecule has 0 aliphatic heterocycles. The van der Waals surface area contributed by atoms with Crippen molar-refractivity contribution in [2.75, 3.05) is 6.61 Å². The molecule has 6 heteroatoms. The van der Waals surface area contributed by atoms with Crippen LogP contribution in [-0.4, -0.2) is 28.7 Å². The number of carbonyl (C=O) groups excluding carboxylic acids is 1. The second kappa shape index (κ2) is 10.4. The first-order valence-corrected chi connectivity index (χ1v) is 12.4. The molecule has 35 heavy (non-hydrogen) atoms. The topological polar surface area (TPSA) is 64.1 Å². The maximum atomic E-state index is 13.6. The summed E-state index contributed by atoms with van der Waals surface area (Å²) in [5.74, 6) is 0.953. The Morgan fingerprint density at radius 1 is 1.14 bits per heavy atom. The van der Waals surface area contributed by atoms with Gasteiger partial charge in [0.15, 0.2) is 0 Å². The van der Waals surface area contributed by atoms with Gasteiger partial charge in [-0.05, 0) is 85.9 Å². The van der Waals surface area contributed by atoms with Gasteiger partial charge in [0, 0.05) is 35.6 Å². The molecule has 2 aliphatic rings. The molecule has 1 N–H and O–H groups in total. The van der Waals surface area contributed by atoms with Gasteiger partial charge in [-0.15, -0.1) is 0 Å². The first-order valence-electron chi connectivity index (χ1n) is 12.4. The number of hydrogen-bond donors (Lipinski definition) is 1. The van der Waals surface area contributed by atoms with Crippen LogP contribution in [0.2, 0.25) is 0 Å². The summed E-state index contributed by atoms with van der Waals surface area (Å²) in [5, 5.41) is 3.04. The maximum Gasteiger partial charge on any atom is 0.407 e. The molecule has 0 bridgehead atoms. The quantitative estimate of drug-likeness (QED) is 0.484. The van der Waals surface area contributed by atoms with Crippen LogP contribution in [0.4, 0.5) is 9.18 Å². The lowest BCUT2D eigenvalue weighted by atomic mass is 9.63. The molecule has 1 aromatic carbocycles. The lowest BCUT2D eigenvalue weighted by molar-refractivity contribution is 0.128. The van der Waals surface area contributed by atoms with E-state index < -0.39 is 0 Å². The normalized spacial score (nSPS) is 23.4. The standard InChI is InChI=1S/C29H30FN3O2/c1-2-35-29(34)33-24-11-12-25-21(16-24)17-28-27(7-4-14-31-28)26(25)13-10-23-9-8-20(18-32-23)19-5-3-6-22(30)15-19/h3-10,13-15,18,21,24-26H,2,11-12,16-17H2,1H3,(H,33,34)/b13-10+/t21-,24-,25+,26-/m0/s1. The van der Waals surface area contributed by atoms with Crippen LogP contribution in [0.5, 0.6) is 0 Å². The van der Waals surface area contributed by atoms with Crippen molar-refractivity contribution in [3.63, 3.8) is 0 Å². The lowest BCUT2D eigenvalue weighted by Gasteiger charge is -2.43. The molecule has 2 aromatic heterocycles. The zero-order chi connectivity index (χ0) is 24.2. The van der Waals surface area contributed by atoms with Crippen molar-refractivity contribution in [2.45, 2.75) is 44.6 Å². The van der Waals surface area contributed by atoms with Crippen molar-refractivity contribution in [3.05, 3.63) is 89.8 Å². The van der Waals surface area contributed by atoms with Crippen molar-refractivity contribution in [2.24, 2.45) is 11.8 Å². The van der Waals surface area contributed by atoms with E-state index in [1.807, 2.05) is 37.4 Å². The summed E-state index contributed by atoms with van der Waals surface area (Å²) in [7, 11) is 0. The summed E-state index contributed by atoms with van der Waals surface area (Å²) in [6.07, 6.45) is 11.5. The molecule has 1 amide bonds. The number of allylic oxidation sites excluding steroid dienone is 1. The number of fused-ring (bicyclic) bond motifs is 2.